The number of halogens is 1. The maximum absolute atomic E-state index is 5.34. The van der Waals surface area contributed by atoms with Gasteiger partial charge in [-0.2, -0.15) is 0 Å². The van der Waals surface area contributed by atoms with E-state index < -0.39 is 0 Å². The number of aromatic nitrogens is 1. The van der Waals surface area contributed by atoms with Crippen LogP contribution in [-0.4, -0.2) is 12.1 Å². The predicted octanol–water partition coefficient (Wildman–Crippen LogP) is 4.03. The second-order valence-corrected chi connectivity index (χ2v) is 4.91. The second-order valence-electron chi connectivity index (χ2n) is 3.99. The number of methoxy groups -OCH3 is 1. The van der Waals surface area contributed by atoms with Crippen LogP contribution >= 0.6 is 15.9 Å². The van der Waals surface area contributed by atoms with E-state index in [9.17, 15) is 0 Å². The third-order valence-electron chi connectivity index (χ3n) is 2.74. The molecule has 0 spiro atoms. The molecule has 3 nitrogen and oxygen atoms in total. The minimum absolute atomic E-state index is 0.191. The molecule has 18 heavy (non-hydrogen) atoms. The Bertz CT molecular complexity index is 516. The van der Waals surface area contributed by atoms with Gasteiger partial charge in [-0.05, 0) is 42.8 Å². The summed E-state index contributed by atoms with van der Waals surface area (Å²) in [5, 5.41) is 3.44. The van der Waals surface area contributed by atoms with Gasteiger partial charge in [-0.15, -0.1) is 0 Å². The largest absolute Gasteiger partial charge is 0.495 e. The monoisotopic (exact) mass is 306 g/mol. The first kappa shape index (κ1) is 12.9. The lowest BCUT2D eigenvalue weighted by Crippen LogP contribution is -2.07. The van der Waals surface area contributed by atoms with Crippen molar-refractivity contribution < 1.29 is 4.74 Å². The number of benzene rings is 1. The van der Waals surface area contributed by atoms with Gasteiger partial charge in [0.25, 0.3) is 0 Å². The fraction of sp³-hybridized carbons (Fsp3) is 0.214. The Balaban J connectivity index is 2.21. The van der Waals surface area contributed by atoms with E-state index in [1.165, 1.54) is 5.56 Å². The fourth-order valence-corrected chi connectivity index (χ4v) is 2.12. The number of nitrogens with zero attached hydrogens (tertiary/aromatic N) is 1. The SMILES string of the molecule is COc1ccc(Br)cc1NC(C)c1ccncc1. The maximum atomic E-state index is 5.34. The van der Waals surface area contributed by atoms with Gasteiger partial charge in [-0.3, -0.25) is 4.98 Å². The molecule has 0 saturated heterocycles. The maximum Gasteiger partial charge on any atom is 0.142 e. The molecular formula is C14H15BrN2O. The average Bonchev–Trinajstić information content (AvgIpc) is 2.40. The van der Waals surface area contributed by atoms with E-state index in [0.717, 1.165) is 15.9 Å². The van der Waals surface area contributed by atoms with E-state index in [-0.39, 0.29) is 6.04 Å². The molecule has 1 heterocycles. The molecule has 0 aliphatic carbocycles. The summed E-state index contributed by atoms with van der Waals surface area (Å²) in [4.78, 5) is 4.02. The van der Waals surface area contributed by atoms with Gasteiger partial charge in [-0.25, -0.2) is 0 Å². The molecule has 1 N–H and O–H groups in total. The molecular weight excluding hydrogens is 292 g/mol. The summed E-state index contributed by atoms with van der Waals surface area (Å²) < 4.78 is 6.36. The van der Waals surface area contributed by atoms with Gasteiger partial charge in [-0.1, -0.05) is 15.9 Å². The van der Waals surface area contributed by atoms with E-state index in [1.807, 2.05) is 30.3 Å². The van der Waals surface area contributed by atoms with Crippen molar-refractivity contribution in [2.75, 3.05) is 12.4 Å². The van der Waals surface area contributed by atoms with Gasteiger partial charge >= 0.3 is 0 Å². The minimum atomic E-state index is 0.191. The molecule has 1 unspecified atom stereocenters. The van der Waals surface area contributed by atoms with Crippen molar-refractivity contribution in [3.8, 4) is 5.75 Å². The van der Waals surface area contributed by atoms with Gasteiger partial charge in [0, 0.05) is 22.9 Å². The topological polar surface area (TPSA) is 34.1 Å². The highest BCUT2D eigenvalue weighted by Gasteiger charge is 2.09. The highest BCUT2D eigenvalue weighted by atomic mass is 79.9. The van der Waals surface area contributed by atoms with Crippen LogP contribution in [0.25, 0.3) is 0 Å². The first-order valence-electron chi connectivity index (χ1n) is 5.70. The summed E-state index contributed by atoms with van der Waals surface area (Å²) in [7, 11) is 1.67. The average molecular weight is 307 g/mol. The first-order chi connectivity index (χ1) is 8.70. The standard InChI is InChI=1S/C14H15BrN2O/c1-10(11-5-7-16-8-6-11)17-13-9-12(15)3-4-14(13)18-2/h3-10,17H,1-2H3. The third kappa shape index (κ3) is 3.01. The normalized spacial score (nSPS) is 11.9. The van der Waals surface area contributed by atoms with E-state index >= 15 is 0 Å². The zero-order chi connectivity index (χ0) is 13.0. The summed E-state index contributed by atoms with van der Waals surface area (Å²) in [6.45, 7) is 2.11. The molecule has 0 fully saturated rings. The fourth-order valence-electron chi connectivity index (χ4n) is 1.76. The number of pyridine rings is 1. The second kappa shape index (κ2) is 5.87. The summed E-state index contributed by atoms with van der Waals surface area (Å²) in [5.74, 6) is 0.833. The van der Waals surface area contributed by atoms with Crippen LogP contribution in [0.3, 0.4) is 0 Å². The van der Waals surface area contributed by atoms with Crippen molar-refractivity contribution in [1.29, 1.82) is 0 Å². The van der Waals surface area contributed by atoms with Gasteiger partial charge in [0.1, 0.15) is 5.75 Å². The van der Waals surface area contributed by atoms with Gasteiger partial charge < -0.3 is 10.1 Å². The lowest BCUT2D eigenvalue weighted by molar-refractivity contribution is 0.416. The Morgan fingerprint density at radius 1 is 1.22 bits per heavy atom. The van der Waals surface area contributed by atoms with E-state index in [4.69, 9.17) is 4.74 Å². The summed E-state index contributed by atoms with van der Waals surface area (Å²) in [5.41, 5.74) is 2.16. The van der Waals surface area contributed by atoms with Gasteiger partial charge in [0.15, 0.2) is 0 Å². The van der Waals surface area contributed by atoms with E-state index in [1.54, 1.807) is 19.5 Å². The molecule has 94 valence electrons. The van der Waals surface area contributed by atoms with Crippen LogP contribution < -0.4 is 10.1 Å². The smallest absolute Gasteiger partial charge is 0.142 e. The van der Waals surface area contributed by atoms with Crippen molar-refractivity contribution in [3.05, 3.63) is 52.8 Å². The molecule has 0 amide bonds. The van der Waals surface area contributed by atoms with Crippen molar-refractivity contribution in [1.82, 2.24) is 4.98 Å². The highest BCUT2D eigenvalue weighted by molar-refractivity contribution is 9.10. The number of anilines is 1. The highest BCUT2D eigenvalue weighted by Crippen LogP contribution is 2.30. The summed E-state index contributed by atoms with van der Waals surface area (Å²) in [6.07, 6.45) is 3.59. The molecule has 0 aliphatic rings. The van der Waals surface area contributed by atoms with Gasteiger partial charge in [0.05, 0.1) is 12.8 Å². The van der Waals surface area contributed by atoms with Crippen LogP contribution in [0.15, 0.2) is 47.2 Å². The first-order valence-corrected chi connectivity index (χ1v) is 6.50. The number of hydrogen-bond acceptors (Lipinski definition) is 3. The van der Waals surface area contributed by atoms with E-state index in [0.29, 0.717) is 0 Å². The Morgan fingerprint density at radius 3 is 2.61 bits per heavy atom. The van der Waals surface area contributed by atoms with Gasteiger partial charge in [0.2, 0.25) is 0 Å². The zero-order valence-corrected chi connectivity index (χ0v) is 11.9. The number of hydrogen-bond donors (Lipinski definition) is 1. The van der Waals surface area contributed by atoms with Crippen molar-refractivity contribution in [2.24, 2.45) is 0 Å². The van der Waals surface area contributed by atoms with Crippen molar-refractivity contribution >= 4 is 21.6 Å². The molecule has 0 saturated carbocycles. The third-order valence-corrected chi connectivity index (χ3v) is 3.23. The summed E-state index contributed by atoms with van der Waals surface area (Å²) in [6, 6.07) is 10.1. The Kier molecular flexibility index (Phi) is 4.20. The molecule has 2 rings (SSSR count). The van der Waals surface area contributed by atoms with Crippen molar-refractivity contribution in [3.63, 3.8) is 0 Å². The molecule has 0 radical (unpaired) electrons. The minimum Gasteiger partial charge on any atom is -0.495 e. The van der Waals surface area contributed by atoms with Crippen LogP contribution in [-0.2, 0) is 0 Å². The number of nitrogens with one attached hydrogen (secondary N) is 1. The molecule has 2 aromatic rings. The Labute approximate surface area is 115 Å². The van der Waals surface area contributed by atoms with Crippen LogP contribution in [0.1, 0.15) is 18.5 Å². The molecule has 1 aromatic heterocycles. The predicted molar refractivity (Wildman–Crippen MR) is 77.0 cm³/mol. The Morgan fingerprint density at radius 2 is 1.94 bits per heavy atom. The lowest BCUT2D eigenvalue weighted by Gasteiger charge is -2.18. The Hall–Kier alpha value is -1.55. The quantitative estimate of drug-likeness (QED) is 0.926. The summed E-state index contributed by atoms with van der Waals surface area (Å²) >= 11 is 3.47. The van der Waals surface area contributed by atoms with Crippen molar-refractivity contribution in [2.45, 2.75) is 13.0 Å². The molecule has 0 aliphatic heterocycles. The van der Waals surface area contributed by atoms with Crippen LogP contribution in [0.2, 0.25) is 0 Å². The van der Waals surface area contributed by atoms with Crippen LogP contribution in [0, 0.1) is 0 Å². The van der Waals surface area contributed by atoms with Crippen LogP contribution in [0.4, 0.5) is 5.69 Å². The molecule has 0 bridgehead atoms. The zero-order valence-electron chi connectivity index (χ0n) is 10.4. The van der Waals surface area contributed by atoms with E-state index in [2.05, 4.69) is 33.2 Å². The number of ether oxygens (including phenoxy) is 1. The molecule has 1 atom stereocenters. The van der Waals surface area contributed by atoms with Crippen LogP contribution in [0.5, 0.6) is 5.75 Å². The number of rotatable bonds is 4. The lowest BCUT2D eigenvalue weighted by atomic mass is 10.1. The molecule has 1 aromatic carbocycles. The molecule has 4 heteroatoms.